The minimum Gasteiger partial charge on any atom is -0.233 e. The van der Waals surface area contributed by atoms with Gasteiger partial charge in [0.25, 0.3) is 0 Å². The van der Waals surface area contributed by atoms with E-state index in [1.807, 2.05) is 36.2 Å². The van der Waals surface area contributed by atoms with E-state index in [2.05, 4.69) is 11.1 Å². The zero-order valence-electron chi connectivity index (χ0n) is 8.32. The Morgan fingerprint density at radius 1 is 1.19 bits per heavy atom. The van der Waals surface area contributed by atoms with Gasteiger partial charge >= 0.3 is 0 Å². The van der Waals surface area contributed by atoms with Crippen LogP contribution in [-0.2, 0) is 11.5 Å². The summed E-state index contributed by atoms with van der Waals surface area (Å²) in [6.07, 6.45) is 1.83. The summed E-state index contributed by atoms with van der Waals surface area (Å²) in [6, 6.07) is 7.92. The van der Waals surface area contributed by atoms with E-state index >= 15 is 0 Å². The van der Waals surface area contributed by atoms with Crippen molar-refractivity contribution >= 4 is 46.3 Å². The van der Waals surface area contributed by atoms with Gasteiger partial charge in [-0.25, -0.2) is 4.98 Å². The summed E-state index contributed by atoms with van der Waals surface area (Å²) in [5, 5.41) is 0.831. The highest BCUT2D eigenvalue weighted by atomic mass is 35.5. The van der Waals surface area contributed by atoms with Crippen molar-refractivity contribution in [2.24, 2.45) is 0 Å². The summed E-state index contributed by atoms with van der Waals surface area (Å²) in [7, 11) is 0. The minimum atomic E-state index is 0.605. The van der Waals surface area contributed by atoms with Gasteiger partial charge in [-0.15, -0.1) is 11.3 Å². The van der Waals surface area contributed by atoms with E-state index in [0.717, 1.165) is 16.5 Å². The fourth-order valence-corrected chi connectivity index (χ4v) is 3.62. The first-order valence-corrected chi connectivity index (χ1v) is 7.40. The van der Waals surface area contributed by atoms with Gasteiger partial charge in [0.15, 0.2) is 4.47 Å². The normalized spacial score (nSPS) is 10.6. The molecule has 1 heterocycles. The Morgan fingerprint density at radius 2 is 2.00 bits per heavy atom. The van der Waals surface area contributed by atoms with E-state index < -0.39 is 0 Å². The molecule has 0 atom stereocenters. The Labute approximate surface area is 113 Å². The maximum Gasteiger partial charge on any atom is 0.183 e. The molecule has 0 unspecified atom stereocenters. The van der Waals surface area contributed by atoms with Gasteiger partial charge in [-0.05, 0) is 11.6 Å². The van der Waals surface area contributed by atoms with E-state index in [0.29, 0.717) is 4.47 Å². The Bertz CT molecular complexity index is 471. The summed E-state index contributed by atoms with van der Waals surface area (Å²) in [6.45, 7) is 0. The number of thiazole rings is 1. The molecule has 0 saturated carbocycles. The average Bonchev–Trinajstić information content (AvgIpc) is 2.67. The van der Waals surface area contributed by atoms with Crippen LogP contribution in [0, 0.1) is 0 Å². The summed E-state index contributed by atoms with van der Waals surface area (Å²) in [5.41, 5.74) is 1.17. The van der Waals surface area contributed by atoms with Crippen molar-refractivity contribution in [3.8, 4) is 0 Å². The van der Waals surface area contributed by atoms with Crippen molar-refractivity contribution in [3.05, 3.63) is 50.4 Å². The lowest BCUT2D eigenvalue weighted by Crippen LogP contribution is -1.82. The molecular formula is C11H9Cl2NS2. The second kappa shape index (κ2) is 5.92. The minimum absolute atomic E-state index is 0.605. The van der Waals surface area contributed by atoms with Crippen LogP contribution in [0.1, 0.15) is 10.4 Å². The van der Waals surface area contributed by atoms with E-state index in [1.54, 1.807) is 0 Å². The highest BCUT2D eigenvalue weighted by Gasteiger charge is 2.02. The Hall–Kier alpha value is -0.220. The zero-order chi connectivity index (χ0) is 11.4. The number of benzene rings is 1. The van der Waals surface area contributed by atoms with Crippen LogP contribution in [0.25, 0.3) is 0 Å². The Morgan fingerprint density at radius 3 is 2.69 bits per heavy atom. The van der Waals surface area contributed by atoms with Crippen LogP contribution in [0.15, 0.2) is 30.5 Å². The van der Waals surface area contributed by atoms with Crippen molar-refractivity contribution in [1.29, 1.82) is 0 Å². The van der Waals surface area contributed by atoms with Crippen LogP contribution < -0.4 is 0 Å². The van der Waals surface area contributed by atoms with Crippen LogP contribution in [0.2, 0.25) is 9.49 Å². The number of halogens is 2. The number of nitrogens with zero attached hydrogens (tertiary/aromatic N) is 1. The zero-order valence-corrected chi connectivity index (χ0v) is 11.5. The number of hydrogen-bond acceptors (Lipinski definition) is 3. The number of rotatable bonds is 4. The van der Waals surface area contributed by atoms with Crippen molar-refractivity contribution in [2.75, 3.05) is 0 Å². The van der Waals surface area contributed by atoms with E-state index in [-0.39, 0.29) is 0 Å². The quantitative estimate of drug-likeness (QED) is 0.795. The van der Waals surface area contributed by atoms with E-state index in [4.69, 9.17) is 23.2 Å². The van der Waals surface area contributed by atoms with Crippen molar-refractivity contribution < 1.29 is 0 Å². The molecule has 2 rings (SSSR count). The van der Waals surface area contributed by atoms with Gasteiger partial charge in [0.1, 0.15) is 0 Å². The predicted octanol–water partition coefficient (Wildman–Crippen LogP) is 4.88. The molecule has 0 aliphatic rings. The first kappa shape index (κ1) is 12.2. The van der Waals surface area contributed by atoms with Crippen LogP contribution in [0.3, 0.4) is 0 Å². The number of aromatic nitrogens is 1. The SMILES string of the molecule is Clc1ncc(CSCc2ccccc2Cl)s1. The third-order valence-corrected chi connectivity index (χ3v) is 4.68. The van der Waals surface area contributed by atoms with Gasteiger partial charge in [0.05, 0.1) is 0 Å². The lowest BCUT2D eigenvalue weighted by molar-refractivity contribution is 1.35. The average molecular weight is 290 g/mol. The summed E-state index contributed by atoms with van der Waals surface area (Å²) >= 11 is 15.2. The number of thioether (sulfide) groups is 1. The first-order chi connectivity index (χ1) is 7.75. The molecule has 16 heavy (non-hydrogen) atoms. The molecule has 1 nitrogen and oxygen atoms in total. The standard InChI is InChI=1S/C11H9Cl2NS2/c12-10-4-2-1-3-8(10)6-15-7-9-5-14-11(13)16-9/h1-5H,6-7H2. The molecule has 2 aromatic rings. The highest BCUT2D eigenvalue weighted by molar-refractivity contribution is 7.97. The molecule has 0 N–H and O–H groups in total. The van der Waals surface area contributed by atoms with Crippen molar-refractivity contribution in [2.45, 2.75) is 11.5 Å². The maximum absolute atomic E-state index is 6.07. The maximum atomic E-state index is 6.07. The largest absolute Gasteiger partial charge is 0.233 e. The molecule has 1 aromatic heterocycles. The van der Waals surface area contributed by atoms with Crippen LogP contribution in [0.5, 0.6) is 0 Å². The molecule has 0 bridgehead atoms. The highest BCUT2D eigenvalue weighted by Crippen LogP contribution is 2.26. The van der Waals surface area contributed by atoms with Gasteiger partial charge in [0, 0.05) is 27.6 Å². The van der Waals surface area contributed by atoms with Gasteiger partial charge < -0.3 is 0 Å². The summed E-state index contributed by atoms with van der Waals surface area (Å²) in [4.78, 5) is 5.20. The molecule has 0 amide bonds. The van der Waals surface area contributed by atoms with Gasteiger partial charge in [-0.3, -0.25) is 0 Å². The molecule has 5 heteroatoms. The van der Waals surface area contributed by atoms with Crippen LogP contribution >= 0.6 is 46.3 Å². The van der Waals surface area contributed by atoms with Crippen molar-refractivity contribution in [1.82, 2.24) is 4.98 Å². The molecule has 84 valence electrons. The third-order valence-electron chi connectivity index (χ3n) is 1.99. The summed E-state index contributed by atoms with van der Waals surface area (Å²) < 4.78 is 0.605. The van der Waals surface area contributed by atoms with Gasteiger partial charge in [0.2, 0.25) is 0 Å². The fraction of sp³-hybridized carbons (Fsp3) is 0.182. The van der Waals surface area contributed by atoms with E-state index in [1.165, 1.54) is 21.8 Å². The number of hydrogen-bond donors (Lipinski definition) is 0. The molecule has 0 saturated heterocycles. The molecule has 1 aromatic carbocycles. The van der Waals surface area contributed by atoms with Crippen LogP contribution in [0.4, 0.5) is 0 Å². The predicted molar refractivity (Wildman–Crippen MR) is 73.6 cm³/mol. The summed E-state index contributed by atoms with van der Waals surface area (Å²) in [5.74, 6) is 1.84. The Kier molecular flexibility index (Phi) is 4.53. The molecule has 0 spiro atoms. The third kappa shape index (κ3) is 3.39. The van der Waals surface area contributed by atoms with Gasteiger partial charge in [-0.1, -0.05) is 41.4 Å². The van der Waals surface area contributed by atoms with Crippen molar-refractivity contribution in [3.63, 3.8) is 0 Å². The molecule has 0 fully saturated rings. The second-order valence-corrected chi connectivity index (χ2v) is 6.25. The monoisotopic (exact) mass is 289 g/mol. The first-order valence-electron chi connectivity index (χ1n) is 4.67. The van der Waals surface area contributed by atoms with Crippen LogP contribution in [-0.4, -0.2) is 4.98 Å². The molecule has 0 aliphatic heterocycles. The lowest BCUT2D eigenvalue weighted by Gasteiger charge is -2.02. The lowest BCUT2D eigenvalue weighted by atomic mass is 10.2. The molecule has 0 aliphatic carbocycles. The van der Waals surface area contributed by atoms with E-state index in [9.17, 15) is 0 Å². The van der Waals surface area contributed by atoms with Gasteiger partial charge in [-0.2, -0.15) is 11.8 Å². The fourth-order valence-electron chi connectivity index (χ4n) is 1.23. The molecule has 0 radical (unpaired) electrons. The smallest absolute Gasteiger partial charge is 0.183 e. The molecular weight excluding hydrogens is 281 g/mol. The Balaban J connectivity index is 1.87. The second-order valence-electron chi connectivity index (χ2n) is 3.16. The topological polar surface area (TPSA) is 12.9 Å².